The lowest BCUT2D eigenvalue weighted by Crippen LogP contribution is -2.29. The van der Waals surface area contributed by atoms with Gasteiger partial charge < -0.3 is 26.8 Å². The number of hydrogen-bond donors (Lipinski definition) is 6. The SMILES string of the molecule is CC(C)C(N)P(=O)(O)OC(C(=O)O)c1cccc(NC(=N)N)c1. The molecule has 0 aliphatic rings. The minimum atomic E-state index is -4.35. The maximum Gasteiger partial charge on any atom is 0.346 e. The Hall–Kier alpha value is -1.93. The normalized spacial score (nSPS) is 16.4. The fourth-order valence-corrected chi connectivity index (χ4v) is 3.19. The van der Waals surface area contributed by atoms with Gasteiger partial charge in [-0.25, -0.2) is 4.79 Å². The fourth-order valence-electron chi connectivity index (χ4n) is 1.78. The number of aliphatic carboxylic acids is 1. The van der Waals surface area contributed by atoms with Gasteiger partial charge in [-0.2, -0.15) is 0 Å². The molecule has 10 heteroatoms. The van der Waals surface area contributed by atoms with E-state index in [0.29, 0.717) is 5.69 Å². The molecule has 0 aromatic heterocycles. The smallest absolute Gasteiger partial charge is 0.346 e. The zero-order valence-electron chi connectivity index (χ0n) is 12.8. The van der Waals surface area contributed by atoms with Crippen molar-refractivity contribution in [2.75, 3.05) is 5.32 Å². The number of carboxylic acids is 1. The summed E-state index contributed by atoms with van der Waals surface area (Å²) in [4.78, 5) is 21.3. The molecule has 0 radical (unpaired) electrons. The third kappa shape index (κ3) is 5.33. The van der Waals surface area contributed by atoms with Gasteiger partial charge in [-0.3, -0.25) is 14.5 Å². The van der Waals surface area contributed by atoms with Crippen molar-refractivity contribution in [3.8, 4) is 0 Å². The average molecular weight is 344 g/mol. The van der Waals surface area contributed by atoms with Crippen LogP contribution in [0.2, 0.25) is 0 Å². The van der Waals surface area contributed by atoms with Crippen LogP contribution in [-0.4, -0.2) is 27.7 Å². The maximum absolute atomic E-state index is 12.2. The molecule has 1 aromatic carbocycles. The Morgan fingerprint density at radius 3 is 2.52 bits per heavy atom. The summed E-state index contributed by atoms with van der Waals surface area (Å²) < 4.78 is 17.1. The van der Waals surface area contributed by atoms with E-state index in [4.69, 9.17) is 21.4 Å². The molecule has 3 atom stereocenters. The predicted molar refractivity (Wildman–Crippen MR) is 86.1 cm³/mol. The summed E-state index contributed by atoms with van der Waals surface area (Å²) in [5, 5.41) is 19.0. The second-order valence-corrected chi connectivity index (χ2v) is 7.22. The molecule has 9 nitrogen and oxygen atoms in total. The van der Waals surface area contributed by atoms with Gasteiger partial charge in [0.05, 0.1) is 0 Å². The molecule has 0 bridgehead atoms. The summed E-state index contributed by atoms with van der Waals surface area (Å²) in [5.41, 5.74) is 11.3. The summed E-state index contributed by atoms with van der Waals surface area (Å²) >= 11 is 0. The van der Waals surface area contributed by atoms with Crippen LogP contribution < -0.4 is 16.8 Å². The fraction of sp³-hybridized carbons (Fsp3) is 0.385. The van der Waals surface area contributed by atoms with Crippen LogP contribution in [0.25, 0.3) is 0 Å². The van der Waals surface area contributed by atoms with E-state index in [1.165, 1.54) is 18.2 Å². The number of benzene rings is 1. The van der Waals surface area contributed by atoms with E-state index >= 15 is 0 Å². The molecule has 0 saturated heterocycles. The molecule has 1 rings (SSSR count). The first-order valence-corrected chi connectivity index (χ1v) is 8.39. The molecule has 1 aromatic rings. The van der Waals surface area contributed by atoms with Gasteiger partial charge in [0.1, 0.15) is 5.78 Å². The summed E-state index contributed by atoms with van der Waals surface area (Å²) in [7, 11) is -4.35. The van der Waals surface area contributed by atoms with Gasteiger partial charge in [0.15, 0.2) is 12.1 Å². The minimum absolute atomic E-state index is 0.119. The topological polar surface area (TPSA) is 172 Å². The Kier molecular flexibility index (Phi) is 6.28. The molecule has 0 aliphatic carbocycles. The minimum Gasteiger partial charge on any atom is -0.479 e. The zero-order chi connectivity index (χ0) is 17.8. The highest BCUT2D eigenvalue weighted by Crippen LogP contribution is 2.51. The molecular weight excluding hydrogens is 323 g/mol. The second-order valence-electron chi connectivity index (χ2n) is 5.29. The number of hydrogen-bond acceptors (Lipinski definition) is 5. The number of nitrogens with one attached hydrogen (secondary N) is 2. The van der Waals surface area contributed by atoms with Gasteiger partial charge >= 0.3 is 13.6 Å². The summed E-state index contributed by atoms with van der Waals surface area (Å²) in [6, 6.07) is 5.85. The number of carbonyl (C=O) groups is 1. The molecule has 0 saturated carbocycles. The lowest BCUT2D eigenvalue weighted by atomic mass is 10.1. The number of guanidine groups is 1. The first-order valence-electron chi connectivity index (χ1n) is 6.75. The summed E-state index contributed by atoms with van der Waals surface area (Å²) in [6.07, 6.45) is -1.68. The largest absolute Gasteiger partial charge is 0.479 e. The quantitative estimate of drug-likeness (QED) is 0.244. The van der Waals surface area contributed by atoms with Gasteiger partial charge in [-0.15, -0.1) is 0 Å². The Balaban J connectivity index is 3.11. The van der Waals surface area contributed by atoms with Crippen LogP contribution in [0.5, 0.6) is 0 Å². The predicted octanol–water partition coefficient (Wildman–Crippen LogP) is 1.26. The van der Waals surface area contributed by atoms with Crippen LogP contribution in [0, 0.1) is 11.3 Å². The van der Waals surface area contributed by atoms with E-state index in [0.717, 1.165) is 0 Å². The van der Waals surface area contributed by atoms with Crippen molar-refractivity contribution in [2.24, 2.45) is 17.4 Å². The molecular formula is C13H21N4O5P. The summed E-state index contributed by atoms with van der Waals surface area (Å²) in [5.74, 6) is -3.34. The van der Waals surface area contributed by atoms with E-state index in [1.807, 2.05) is 0 Å². The molecule has 23 heavy (non-hydrogen) atoms. The van der Waals surface area contributed by atoms with Gasteiger partial charge in [-0.1, -0.05) is 26.0 Å². The number of nitrogens with two attached hydrogens (primary N) is 2. The summed E-state index contributed by atoms with van der Waals surface area (Å²) in [6.45, 7) is 3.26. The van der Waals surface area contributed by atoms with Crippen molar-refractivity contribution in [3.63, 3.8) is 0 Å². The highest BCUT2D eigenvalue weighted by atomic mass is 31.2. The van der Waals surface area contributed by atoms with Crippen LogP contribution in [-0.2, 0) is 13.9 Å². The number of carboxylic acid groups (broad SMARTS) is 1. The molecule has 128 valence electrons. The molecule has 0 heterocycles. The van der Waals surface area contributed by atoms with Gasteiger partial charge in [0, 0.05) is 5.69 Å². The van der Waals surface area contributed by atoms with Crippen LogP contribution in [0.15, 0.2) is 24.3 Å². The third-order valence-electron chi connectivity index (χ3n) is 3.01. The number of rotatable bonds is 7. The Labute approximate surface area is 133 Å². The van der Waals surface area contributed by atoms with E-state index in [-0.39, 0.29) is 17.4 Å². The second kappa shape index (κ2) is 7.56. The average Bonchev–Trinajstić information content (AvgIpc) is 2.43. The van der Waals surface area contributed by atoms with Crippen LogP contribution in [0.3, 0.4) is 0 Å². The van der Waals surface area contributed by atoms with E-state index in [2.05, 4.69) is 5.32 Å². The van der Waals surface area contributed by atoms with Crippen molar-refractivity contribution < 1.29 is 23.9 Å². The lowest BCUT2D eigenvalue weighted by molar-refractivity contribution is -0.145. The zero-order valence-corrected chi connectivity index (χ0v) is 13.7. The lowest BCUT2D eigenvalue weighted by Gasteiger charge is -2.25. The molecule has 3 unspecified atom stereocenters. The van der Waals surface area contributed by atoms with Crippen molar-refractivity contribution in [2.45, 2.75) is 25.7 Å². The Bertz CT molecular complexity index is 637. The standard InChI is InChI=1S/C13H21N4O5P/c1-7(2)11(14)23(20,21)22-10(12(18)19)8-4-3-5-9(6-8)17-13(15)16/h3-7,10-11H,14H2,1-2H3,(H,18,19)(H,20,21)(H4,15,16,17). The van der Waals surface area contributed by atoms with Crippen LogP contribution >= 0.6 is 7.60 Å². The highest BCUT2D eigenvalue weighted by molar-refractivity contribution is 7.53. The highest BCUT2D eigenvalue weighted by Gasteiger charge is 2.37. The maximum atomic E-state index is 12.2. The Morgan fingerprint density at radius 1 is 1.43 bits per heavy atom. The van der Waals surface area contributed by atoms with E-state index in [1.54, 1.807) is 19.9 Å². The van der Waals surface area contributed by atoms with Crippen molar-refractivity contribution >= 4 is 25.2 Å². The first kappa shape index (κ1) is 19.1. The third-order valence-corrected chi connectivity index (χ3v) is 4.87. The molecule has 0 amide bonds. The van der Waals surface area contributed by atoms with Crippen molar-refractivity contribution in [1.29, 1.82) is 5.41 Å². The monoisotopic (exact) mass is 344 g/mol. The van der Waals surface area contributed by atoms with E-state index in [9.17, 15) is 19.4 Å². The molecule has 8 N–H and O–H groups in total. The van der Waals surface area contributed by atoms with Crippen LogP contribution in [0.1, 0.15) is 25.5 Å². The van der Waals surface area contributed by atoms with Gasteiger partial charge in [-0.05, 0) is 23.6 Å². The van der Waals surface area contributed by atoms with Crippen LogP contribution in [0.4, 0.5) is 5.69 Å². The first-order chi connectivity index (χ1) is 10.5. The molecule has 0 spiro atoms. The Morgan fingerprint density at radius 2 is 2.04 bits per heavy atom. The van der Waals surface area contributed by atoms with Crippen molar-refractivity contribution in [1.82, 2.24) is 0 Å². The van der Waals surface area contributed by atoms with Gasteiger partial charge in [0.25, 0.3) is 0 Å². The molecule has 0 fully saturated rings. The van der Waals surface area contributed by atoms with E-state index < -0.39 is 25.5 Å². The number of anilines is 1. The molecule has 0 aliphatic heterocycles. The van der Waals surface area contributed by atoms with Gasteiger partial charge in [0.2, 0.25) is 0 Å². The van der Waals surface area contributed by atoms with Crippen molar-refractivity contribution in [3.05, 3.63) is 29.8 Å².